The molecule has 1 unspecified atom stereocenters. The maximum atomic E-state index is 11.4. The summed E-state index contributed by atoms with van der Waals surface area (Å²) in [6.07, 6.45) is 4.61. The number of sulfone groups is 1. The first-order chi connectivity index (χ1) is 7.99. The Balaban J connectivity index is 3.00. The molecule has 0 fully saturated rings. The molecule has 0 amide bonds. The number of nitrogens with one attached hydrogen (secondary N) is 1. The van der Waals surface area contributed by atoms with Crippen molar-refractivity contribution in [2.75, 3.05) is 6.26 Å². The van der Waals surface area contributed by atoms with E-state index in [4.69, 9.17) is 5.84 Å². The lowest BCUT2D eigenvalue weighted by atomic mass is 10.0. The summed E-state index contributed by atoms with van der Waals surface area (Å²) >= 11 is 0. The highest BCUT2D eigenvalue weighted by Crippen LogP contribution is 2.21. The van der Waals surface area contributed by atoms with Crippen molar-refractivity contribution >= 4 is 9.84 Å². The summed E-state index contributed by atoms with van der Waals surface area (Å²) in [5.74, 6) is 5.47. The molecule has 0 aliphatic carbocycles. The summed E-state index contributed by atoms with van der Waals surface area (Å²) in [5, 5.41) is 0. The largest absolute Gasteiger partial charge is 0.271 e. The van der Waals surface area contributed by atoms with Gasteiger partial charge in [0.1, 0.15) is 0 Å². The highest BCUT2D eigenvalue weighted by Gasteiger charge is 2.12. The predicted molar refractivity (Wildman–Crippen MR) is 69.0 cm³/mol. The third-order valence-corrected chi connectivity index (χ3v) is 3.66. The van der Waals surface area contributed by atoms with Crippen molar-refractivity contribution in [2.45, 2.75) is 23.8 Å². The average molecular weight is 254 g/mol. The van der Waals surface area contributed by atoms with Crippen LogP contribution in [0.1, 0.15) is 24.4 Å². The molecule has 0 aromatic heterocycles. The smallest absolute Gasteiger partial charge is 0.175 e. The molecule has 3 N–H and O–H groups in total. The van der Waals surface area contributed by atoms with Gasteiger partial charge in [-0.05, 0) is 30.5 Å². The van der Waals surface area contributed by atoms with Crippen molar-refractivity contribution in [2.24, 2.45) is 5.84 Å². The first-order valence-corrected chi connectivity index (χ1v) is 7.25. The van der Waals surface area contributed by atoms with Crippen LogP contribution in [-0.2, 0) is 9.84 Å². The minimum atomic E-state index is -3.18. The molecule has 5 heteroatoms. The minimum Gasteiger partial charge on any atom is -0.271 e. The number of hydrogen-bond donors (Lipinski definition) is 2. The Bertz CT molecular complexity index is 483. The zero-order chi connectivity index (χ0) is 12.9. The van der Waals surface area contributed by atoms with Gasteiger partial charge in [0.2, 0.25) is 0 Å². The van der Waals surface area contributed by atoms with Crippen LogP contribution in [0.2, 0.25) is 0 Å². The van der Waals surface area contributed by atoms with Gasteiger partial charge >= 0.3 is 0 Å². The van der Waals surface area contributed by atoms with Crippen LogP contribution < -0.4 is 11.3 Å². The van der Waals surface area contributed by atoms with E-state index in [2.05, 4.69) is 12.0 Å². The lowest BCUT2D eigenvalue weighted by Gasteiger charge is -2.16. The second-order valence-electron chi connectivity index (χ2n) is 3.93. The summed E-state index contributed by atoms with van der Waals surface area (Å²) in [7, 11) is -3.18. The molecule has 1 atom stereocenters. The van der Waals surface area contributed by atoms with E-state index in [0.29, 0.717) is 4.90 Å². The average Bonchev–Trinajstić information content (AvgIpc) is 2.29. The zero-order valence-electron chi connectivity index (χ0n) is 9.89. The molecule has 0 aliphatic rings. The Labute approximate surface area is 102 Å². The van der Waals surface area contributed by atoms with Crippen LogP contribution >= 0.6 is 0 Å². The molecule has 17 heavy (non-hydrogen) atoms. The van der Waals surface area contributed by atoms with Crippen LogP contribution in [0.25, 0.3) is 0 Å². The van der Waals surface area contributed by atoms with Gasteiger partial charge in [-0.2, -0.15) is 0 Å². The van der Waals surface area contributed by atoms with E-state index in [9.17, 15) is 8.42 Å². The molecule has 0 aliphatic heterocycles. The Kier molecular flexibility index (Phi) is 4.86. The van der Waals surface area contributed by atoms with Gasteiger partial charge in [0, 0.05) is 12.3 Å². The Morgan fingerprint density at radius 3 is 2.76 bits per heavy atom. The van der Waals surface area contributed by atoms with Gasteiger partial charge < -0.3 is 0 Å². The first-order valence-electron chi connectivity index (χ1n) is 5.36. The van der Waals surface area contributed by atoms with Gasteiger partial charge in [-0.15, -0.1) is 6.58 Å². The van der Waals surface area contributed by atoms with E-state index in [0.717, 1.165) is 18.4 Å². The number of benzene rings is 1. The SMILES string of the molecule is C=CCCC(NN)c1cccc(S(C)(=O)=O)c1. The standard InChI is InChI=1S/C12H18N2O2S/c1-3-4-8-12(14-13)10-6-5-7-11(9-10)17(2,15)16/h3,5-7,9,12,14H,1,4,8,13H2,2H3. The van der Waals surface area contributed by atoms with Crippen molar-refractivity contribution < 1.29 is 8.42 Å². The van der Waals surface area contributed by atoms with Crippen molar-refractivity contribution in [3.05, 3.63) is 42.5 Å². The molecular formula is C12H18N2O2S. The van der Waals surface area contributed by atoms with Gasteiger partial charge in [-0.3, -0.25) is 11.3 Å². The van der Waals surface area contributed by atoms with E-state index >= 15 is 0 Å². The summed E-state index contributed by atoms with van der Waals surface area (Å²) in [5.41, 5.74) is 3.56. The maximum absolute atomic E-state index is 11.4. The lowest BCUT2D eigenvalue weighted by Crippen LogP contribution is -2.28. The second kappa shape index (κ2) is 5.95. The number of hydrazine groups is 1. The van der Waals surface area contributed by atoms with Crippen LogP contribution in [0.4, 0.5) is 0 Å². The van der Waals surface area contributed by atoms with Gasteiger partial charge in [0.25, 0.3) is 0 Å². The summed E-state index contributed by atoms with van der Waals surface area (Å²) in [6.45, 7) is 3.65. The molecule has 1 rings (SSSR count). The topological polar surface area (TPSA) is 72.2 Å². The summed E-state index contributed by atoms with van der Waals surface area (Å²) in [6, 6.07) is 6.77. The summed E-state index contributed by atoms with van der Waals surface area (Å²) < 4.78 is 22.9. The van der Waals surface area contributed by atoms with Gasteiger partial charge in [0.05, 0.1) is 4.90 Å². The fourth-order valence-electron chi connectivity index (χ4n) is 1.59. The van der Waals surface area contributed by atoms with E-state index in [-0.39, 0.29) is 6.04 Å². The van der Waals surface area contributed by atoms with E-state index < -0.39 is 9.84 Å². The zero-order valence-corrected chi connectivity index (χ0v) is 10.7. The molecule has 0 saturated carbocycles. The monoisotopic (exact) mass is 254 g/mol. The van der Waals surface area contributed by atoms with Crippen LogP contribution in [0.15, 0.2) is 41.8 Å². The molecule has 4 nitrogen and oxygen atoms in total. The Morgan fingerprint density at radius 2 is 2.24 bits per heavy atom. The van der Waals surface area contributed by atoms with E-state index in [1.54, 1.807) is 18.2 Å². The molecule has 0 bridgehead atoms. The van der Waals surface area contributed by atoms with Crippen LogP contribution in [0.5, 0.6) is 0 Å². The van der Waals surface area contributed by atoms with Crippen molar-refractivity contribution in [1.29, 1.82) is 0 Å². The fraction of sp³-hybridized carbons (Fsp3) is 0.333. The van der Waals surface area contributed by atoms with Crippen LogP contribution in [0, 0.1) is 0 Å². The molecule has 0 spiro atoms. The Morgan fingerprint density at radius 1 is 1.53 bits per heavy atom. The minimum absolute atomic E-state index is 0.0605. The molecule has 1 aromatic rings. The molecule has 0 radical (unpaired) electrons. The van der Waals surface area contributed by atoms with Crippen molar-refractivity contribution in [3.8, 4) is 0 Å². The highest BCUT2D eigenvalue weighted by atomic mass is 32.2. The Hall–Kier alpha value is -1.17. The number of rotatable bonds is 6. The normalized spacial score (nSPS) is 13.3. The highest BCUT2D eigenvalue weighted by molar-refractivity contribution is 7.90. The molecule has 0 saturated heterocycles. The van der Waals surface area contributed by atoms with Gasteiger partial charge in [-0.1, -0.05) is 18.2 Å². The molecule has 1 aromatic carbocycles. The van der Waals surface area contributed by atoms with Crippen LogP contribution in [-0.4, -0.2) is 14.7 Å². The number of hydrogen-bond acceptors (Lipinski definition) is 4. The third-order valence-electron chi connectivity index (χ3n) is 2.55. The van der Waals surface area contributed by atoms with E-state index in [1.807, 2.05) is 12.1 Å². The third kappa shape index (κ3) is 3.96. The van der Waals surface area contributed by atoms with Gasteiger partial charge in [-0.25, -0.2) is 8.42 Å². The number of allylic oxidation sites excluding steroid dienone is 1. The molecule has 94 valence electrons. The van der Waals surface area contributed by atoms with Crippen molar-refractivity contribution in [3.63, 3.8) is 0 Å². The fourth-order valence-corrected chi connectivity index (χ4v) is 2.27. The maximum Gasteiger partial charge on any atom is 0.175 e. The summed E-state index contributed by atoms with van der Waals surface area (Å²) in [4.78, 5) is 0.314. The molecular weight excluding hydrogens is 236 g/mol. The quantitative estimate of drug-likeness (QED) is 0.459. The lowest BCUT2D eigenvalue weighted by molar-refractivity contribution is 0.519. The molecule has 0 heterocycles. The van der Waals surface area contributed by atoms with E-state index in [1.165, 1.54) is 6.26 Å². The second-order valence-corrected chi connectivity index (χ2v) is 5.95. The van der Waals surface area contributed by atoms with Gasteiger partial charge in [0.15, 0.2) is 9.84 Å². The van der Waals surface area contributed by atoms with Crippen LogP contribution in [0.3, 0.4) is 0 Å². The predicted octanol–water partition coefficient (Wildman–Crippen LogP) is 1.56. The van der Waals surface area contributed by atoms with Crippen molar-refractivity contribution in [1.82, 2.24) is 5.43 Å². The number of nitrogens with two attached hydrogens (primary N) is 1. The first kappa shape index (κ1) is 13.9.